The van der Waals surface area contributed by atoms with E-state index in [9.17, 15) is 23.1 Å². The Hall–Kier alpha value is -1.76. The van der Waals surface area contributed by atoms with Gasteiger partial charge in [-0.2, -0.15) is 13.2 Å². The largest absolute Gasteiger partial charge is 0.508 e. The van der Waals surface area contributed by atoms with E-state index in [-0.39, 0.29) is 13.0 Å². The van der Waals surface area contributed by atoms with Crippen molar-refractivity contribution in [2.75, 3.05) is 6.54 Å². The summed E-state index contributed by atoms with van der Waals surface area (Å²) in [4.78, 5) is 11.4. The number of alkyl halides is 3. The van der Waals surface area contributed by atoms with Gasteiger partial charge in [0.25, 0.3) is 0 Å². The van der Waals surface area contributed by atoms with Crippen LogP contribution in [0.5, 0.6) is 11.5 Å². The summed E-state index contributed by atoms with van der Waals surface area (Å²) < 4.78 is 37.4. The number of phenols is 2. The van der Waals surface area contributed by atoms with Gasteiger partial charge in [0, 0.05) is 6.42 Å². The lowest BCUT2D eigenvalue weighted by molar-refractivity contribution is -0.138. The quantitative estimate of drug-likeness (QED) is 0.561. The van der Waals surface area contributed by atoms with Gasteiger partial charge in [-0.15, -0.1) is 0 Å². The van der Waals surface area contributed by atoms with Gasteiger partial charge in [0.15, 0.2) is 5.78 Å². The summed E-state index contributed by atoms with van der Waals surface area (Å²) in [7, 11) is 0. The molecule has 1 aromatic rings. The molecule has 0 aliphatic heterocycles. The van der Waals surface area contributed by atoms with Gasteiger partial charge in [-0.1, -0.05) is 0 Å². The predicted octanol–water partition coefficient (Wildman–Crippen LogP) is 1.65. The second-order valence-corrected chi connectivity index (χ2v) is 3.35. The van der Waals surface area contributed by atoms with Gasteiger partial charge in [-0.3, -0.25) is 4.79 Å². The molecule has 0 amide bonds. The number of carbonyl (C=O) groups excluding carboxylic acids is 1. The smallest absolute Gasteiger partial charge is 0.420 e. The van der Waals surface area contributed by atoms with Crippen molar-refractivity contribution in [2.24, 2.45) is 5.73 Å². The third-order valence-corrected chi connectivity index (χ3v) is 2.07. The first-order chi connectivity index (χ1) is 7.77. The van der Waals surface area contributed by atoms with Gasteiger partial charge in [0.1, 0.15) is 17.1 Å². The monoisotopic (exact) mass is 249 g/mol. The third kappa shape index (κ3) is 2.88. The SMILES string of the molecule is NCCC(=O)c1cc(O)cc(C(F)(F)F)c1O. The molecule has 0 aliphatic rings. The van der Waals surface area contributed by atoms with E-state index in [1.807, 2.05) is 0 Å². The van der Waals surface area contributed by atoms with E-state index < -0.39 is 34.6 Å². The Labute approximate surface area is 94.5 Å². The second-order valence-electron chi connectivity index (χ2n) is 3.35. The molecule has 4 nitrogen and oxygen atoms in total. The summed E-state index contributed by atoms with van der Waals surface area (Å²) >= 11 is 0. The molecule has 0 aromatic heterocycles. The highest BCUT2D eigenvalue weighted by atomic mass is 19.4. The summed E-state index contributed by atoms with van der Waals surface area (Å²) in [6.45, 7) is -0.0602. The normalized spacial score (nSPS) is 11.5. The Morgan fingerprint density at radius 3 is 2.35 bits per heavy atom. The Kier molecular flexibility index (Phi) is 3.62. The molecule has 0 saturated heterocycles. The van der Waals surface area contributed by atoms with Crippen molar-refractivity contribution in [2.45, 2.75) is 12.6 Å². The highest BCUT2D eigenvalue weighted by Gasteiger charge is 2.36. The minimum atomic E-state index is -4.85. The minimum absolute atomic E-state index is 0.0602. The fourth-order valence-corrected chi connectivity index (χ4v) is 1.31. The predicted molar refractivity (Wildman–Crippen MR) is 52.8 cm³/mol. The number of carbonyl (C=O) groups is 1. The number of hydrogen-bond donors (Lipinski definition) is 3. The van der Waals surface area contributed by atoms with Crippen LogP contribution in [0.15, 0.2) is 12.1 Å². The van der Waals surface area contributed by atoms with Gasteiger partial charge >= 0.3 is 6.18 Å². The van der Waals surface area contributed by atoms with E-state index in [1.165, 1.54) is 0 Å². The molecular weight excluding hydrogens is 239 g/mol. The molecule has 1 aromatic carbocycles. The lowest BCUT2D eigenvalue weighted by Crippen LogP contribution is -2.11. The summed E-state index contributed by atoms with van der Waals surface area (Å²) in [5.74, 6) is -2.68. The van der Waals surface area contributed by atoms with Crippen molar-refractivity contribution in [1.82, 2.24) is 0 Å². The van der Waals surface area contributed by atoms with Crippen LogP contribution in [0.4, 0.5) is 13.2 Å². The molecule has 0 unspecified atom stereocenters. The van der Waals surface area contributed by atoms with Gasteiger partial charge in [0.2, 0.25) is 0 Å². The first-order valence-electron chi connectivity index (χ1n) is 4.63. The van der Waals surface area contributed by atoms with Crippen LogP contribution < -0.4 is 5.73 Å². The van der Waals surface area contributed by atoms with Crippen LogP contribution in [0, 0.1) is 0 Å². The maximum atomic E-state index is 12.5. The molecule has 94 valence electrons. The van der Waals surface area contributed by atoms with Gasteiger partial charge in [-0.25, -0.2) is 0 Å². The molecule has 1 rings (SSSR count). The maximum Gasteiger partial charge on any atom is 0.420 e. The Balaban J connectivity index is 3.34. The Morgan fingerprint density at radius 2 is 1.88 bits per heavy atom. The first-order valence-corrected chi connectivity index (χ1v) is 4.63. The standard InChI is InChI=1S/C10H10F3NO3/c11-10(12,13)7-4-5(15)3-6(9(7)17)8(16)1-2-14/h3-4,15,17H,1-2,14H2. The van der Waals surface area contributed by atoms with Crippen LogP contribution in [-0.2, 0) is 6.18 Å². The van der Waals surface area contributed by atoms with E-state index in [1.54, 1.807) is 0 Å². The van der Waals surface area contributed by atoms with Gasteiger partial charge in [0.05, 0.1) is 5.56 Å². The molecule has 0 aliphatic carbocycles. The Bertz CT molecular complexity index is 443. The number of ketones is 1. The topological polar surface area (TPSA) is 83.6 Å². The molecule has 0 radical (unpaired) electrons. The van der Waals surface area contributed by atoms with Crippen LogP contribution in [-0.4, -0.2) is 22.5 Å². The number of aromatic hydroxyl groups is 2. The molecular formula is C10H10F3NO3. The van der Waals surface area contributed by atoms with Crippen molar-refractivity contribution < 1.29 is 28.2 Å². The number of halogens is 3. The molecule has 0 atom stereocenters. The molecule has 0 fully saturated rings. The zero-order valence-electron chi connectivity index (χ0n) is 8.58. The first kappa shape index (κ1) is 13.3. The lowest BCUT2D eigenvalue weighted by Gasteiger charge is -2.12. The molecule has 0 bridgehead atoms. The number of hydrogen-bond acceptors (Lipinski definition) is 4. The summed E-state index contributed by atoms with van der Waals surface area (Å²) in [5, 5.41) is 18.5. The molecule has 7 heteroatoms. The number of nitrogens with two attached hydrogens (primary N) is 1. The highest BCUT2D eigenvalue weighted by Crippen LogP contribution is 2.40. The van der Waals surface area contributed by atoms with Crippen molar-refractivity contribution in [3.63, 3.8) is 0 Å². The number of phenolic OH excluding ortho intramolecular Hbond substituents is 2. The van der Waals surface area contributed by atoms with Crippen LogP contribution in [0.1, 0.15) is 22.3 Å². The lowest BCUT2D eigenvalue weighted by atomic mass is 10.0. The van der Waals surface area contributed by atoms with Crippen molar-refractivity contribution in [3.05, 3.63) is 23.3 Å². The summed E-state index contributed by atoms with van der Waals surface area (Å²) in [5.41, 5.74) is 3.06. The molecule has 0 spiro atoms. The average Bonchev–Trinajstić information content (AvgIpc) is 2.19. The van der Waals surface area contributed by atoms with Gasteiger partial charge < -0.3 is 15.9 Å². The van der Waals surface area contributed by atoms with Crippen LogP contribution in [0.25, 0.3) is 0 Å². The van der Waals surface area contributed by atoms with E-state index in [4.69, 9.17) is 10.8 Å². The number of rotatable bonds is 3. The average molecular weight is 249 g/mol. The molecule has 0 saturated carbocycles. The summed E-state index contributed by atoms with van der Waals surface area (Å²) in [6, 6.07) is 1.14. The van der Waals surface area contributed by atoms with E-state index >= 15 is 0 Å². The highest BCUT2D eigenvalue weighted by molar-refractivity contribution is 5.99. The maximum absolute atomic E-state index is 12.5. The zero-order chi connectivity index (χ0) is 13.2. The number of Topliss-reactive ketones (excluding diaryl/α,β-unsaturated/α-hetero) is 1. The fourth-order valence-electron chi connectivity index (χ4n) is 1.31. The van der Waals surface area contributed by atoms with Crippen molar-refractivity contribution in [1.29, 1.82) is 0 Å². The van der Waals surface area contributed by atoms with Crippen LogP contribution in [0.3, 0.4) is 0 Å². The minimum Gasteiger partial charge on any atom is -0.508 e. The van der Waals surface area contributed by atoms with E-state index in [0.717, 1.165) is 6.07 Å². The van der Waals surface area contributed by atoms with Crippen molar-refractivity contribution in [3.8, 4) is 11.5 Å². The molecule has 4 N–H and O–H groups in total. The molecule has 0 heterocycles. The number of benzene rings is 1. The van der Waals surface area contributed by atoms with Crippen LogP contribution >= 0.6 is 0 Å². The van der Waals surface area contributed by atoms with Gasteiger partial charge in [-0.05, 0) is 18.7 Å². The van der Waals surface area contributed by atoms with Crippen LogP contribution in [0.2, 0.25) is 0 Å². The third-order valence-electron chi connectivity index (χ3n) is 2.07. The Morgan fingerprint density at radius 1 is 1.29 bits per heavy atom. The zero-order valence-corrected chi connectivity index (χ0v) is 8.58. The van der Waals surface area contributed by atoms with E-state index in [0.29, 0.717) is 6.07 Å². The van der Waals surface area contributed by atoms with E-state index in [2.05, 4.69) is 0 Å². The fraction of sp³-hybridized carbons (Fsp3) is 0.300. The molecule has 17 heavy (non-hydrogen) atoms. The second kappa shape index (κ2) is 4.62. The van der Waals surface area contributed by atoms with Crippen molar-refractivity contribution >= 4 is 5.78 Å². The summed E-state index contributed by atoms with van der Waals surface area (Å²) in [6.07, 6.45) is -5.06.